The molecule has 7 heteroatoms. The van der Waals surface area contributed by atoms with E-state index in [0.717, 1.165) is 10.9 Å². The molecule has 33 heavy (non-hydrogen) atoms. The quantitative estimate of drug-likeness (QED) is 0.401. The highest BCUT2D eigenvalue weighted by atomic mass is 32.2. The average molecular weight is 463 g/mol. The zero-order valence-corrected chi connectivity index (χ0v) is 19.2. The zero-order valence-electron chi connectivity index (χ0n) is 18.4. The summed E-state index contributed by atoms with van der Waals surface area (Å²) in [6.07, 6.45) is 0.535. The second-order valence-electron chi connectivity index (χ2n) is 7.69. The summed E-state index contributed by atoms with van der Waals surface area (Å²) < 4.78 is 33.9. The second kappa shape index (κ2) is 10.0. The first-order valence-electron chi connectivity index (χ1n) is 10.9. The van der Waals surface area contributed by atoms with Crippen LogP contribution in [0.4, 0.5) is 0 Å². The number of fused-ring (bicyclic) bond motifs is 1. The molecule has 1 N–H and O–H groups in total. The number of hydrogen-bond donors (Lipinski definition) is 1. The highest BCUT2D eigenvalue weighted by Crippen LogP contribution is 2.22. The summed E-state index contributed by atoms with van der Waals surface area (Å²) in [6, 6.07) is 25.2. The Morgan fingerprint density at radius 2 is 1.61 bits per heavy atom. The molecule has 4 rings (SSSR count). The number of sulfonamides is 1. The van der Waals surface area contributed by atoms with Gasteiger partial charge in [0.05, 0.1) is 11.5 Å². The first-order valence-corrected chi connectivity index (χ1v) is 12.3. The molecule has 0 fully saturated rings. The highest BCUT2D eigenvalue weighted by molar-refractivity contribution is 7.89. The first-order chi connectivity index (χ1) is 16.0. The van der Waals surface area contributed by atoms with E-state index in [4.69, 9.17) is 4.74 Å². The van der Waals surface area contributed by atoms with Crippen molar-refractivity contribution in [2.24, 2.45) is 0 Å². The molecule has 3 aromatic carbocycles. The van der Waals surface area contributed by atoms with Gasteiger partial charge in [-0.05, 0) is 55.3 Å². The summed E-state index contributed by atoms with van der Waals surface area (Å²) in [6.45, 7) is 2.65. The van der Waals surface area contributed by atoms with Gasteiger partial charge < -0.3 is 9.72 Å². The van der Waals surface area contributed by atoms with Crippen LogP contribution in [0.15, 0.2) is 94.6 Å². The molecule has 0 bridgehead atoms. The predicted molar refractivity (Wildman–Crippen MR) is 130 cm³/mol. The largest absolute Gasteiger partial charge is 0.494 e. The molecule has 0 aliphatic rings. The van der Waals surface area contributed by atoms with Gasteiger partial charge in [0, 0.05) is 29.6 Å². The van der Waals surface area contributed by atoms with Gasteiger partial charge in [-0.1, -0.05) is 48.5 Å². The number of nitrogens with one attached hydrogen (secondary N) is 1. The minimum Gasteiger partial charge on any atom is -0.494 e. The van der Waals surface area contributed by atoms with E-state index in [2.05, 4.69) is 4.98 Å². The van der Waals surface area contributed by atoms with Crippen molar-refractivity contribution in [1.29, 1.82) is 0 Å². The van der Waals surface area contributed by atoms with Crippen LogP contribution in [0.2, 0.25) is 0 Å². The van der Waals surface area contributed by atoms with Gasteiger partial charge in [0.25, 0.3) is 5.56 Å². The summed E-state index contributed by atoms with van der Waals surface area (Å²) in [5, 5.41) is 0.788. The number of H-pyrrole nitrogens is 1. The minimum atomic E-state index is -3.80. The first kappa shape index (κ1) is 22.8. The number of hydrogen-bond acceptors (Lipinski definition) is 4. The Morgan fingerprint density at radius 3 is 2.30 bits per heavy atom. The van der Waals surface area contributed by atoms with Gasteiger partial charge in [-0.15, -0.1) is 0 Å². The molecule has 0 spiro atoms. The van der Waals surface area contributed by atoms with Crippen molar-refractivity contribution >= 4 is 20.9 Å². The second-order valence-corrected chi connectivity index (χ2v) is 9.63. The molecule has 6 nitrogen and oxygen atoms in total. The topological polar surface area (TPSA) is 79.5 Å². The molecule has 1 heterocycles. The Bertz CT molecular complexity index is 1380. The number of nitrogens with zero attached hydrogens (tertiary/aromatic N) is 1. The Morgan fingerprint density at radius 1 is 0.909 bits per heavy atom. The fourth-order valence-electron chi connectivity index (χ4n) is 3.72. The number of rotatable bonds is 9. The molecule has 0 amide bonds. The minimum absolute atomic E-state index is 0.0335. The molecule has 170 valence electrons. The Hall–Kier alpha value is -3.42. The molecule has 0 unspecified atom stereocenters. The number of benzene rings is 3. The third-order valence-electron chi connectivity index (χ3n) is 5.42. The van der Waals surface area contributed by atoms with Gasteiger partial charge >= 0.3 is 0 Å². The number of aromatic nitrogens is 1. The molecular weight excluding hydrogens is 436 g/mol. The molecule has 0 aliphatic heterocycles. The van der Waals surface area contributed by atoms with E-state index in [1.165, 1.54) is 4.31 Å². The van der Waals surface area contributed by atoms with Gasteiger partial charge in [-0.2, -0.15) is 4.31 Å². The number of pyridine rings is 1. The summed E-state index contributed by atoms with van der Waals surface area (Å²) in [7, 11) is -3.80. The van der Waals surface area contributed by atoms with Crippen LogP contribution >= 0.6 is 0 Å². The van der Waals surface area contributed by atoms with Crippen LogP contribution in [-0.2, 0) is 23.0 Å². The number of ether oxygens (including phenoxy) is 1. The van der Waals surface area contributed by atoms with Crippen LogP contribution in [0.1, 0.15) is 18.1 Å². The van der Waals surface area contributed by atoms with Crippen molar-refractivity contribution in [3.05, 3.63) is 106 Å². The highest BCUT2D eigenvalue weighted by Gasteiger charge is 2.25. The van der Waals surface area contributed by atoms with Crippen LogP contribution in [0.25, 0.3) is 10.9 Å². The summed E-state index contributed by atoms with van der Waals surface area (Å²) in [5.41, 5.74) is 1.77. The van der Waals surface area contributed by atoms with Crippen molar-refractivity contribution in [2.45, 2.75) is 24.8 Å². The van der Waals surface area contributed by atoms with E-state index in [1.54, 1.807) is 48.5 Å². The summed E-state index contributed by atoms with van der Waals surface area (Å²) in [4.78, 5) is 15.9. The van der Waals surface area contributed by atoms with Crippen molar-refractivity contribution < 1.29 is 13.2 Å². The predicted octanol–water partition coefficient (Wildman–Crippen LogP) is 4.36. The third kappa shape index (κ3) is 5.32. The normalized spacial score (nSPS) is 11.7. The van der Waals surface area contributed by atoms with Gasteiger partial charge in [-0.3, -0.25) is 4.79 Å². The van der Waals surface area contributed by atoms with Crippen LogP contribution in [0.3, 0.4) is 0 Å². The van der Waals surface area contributed by atoms with Crippen molar-refractivity contribution in [3.8, 4) is 5.75 Å². The lowest BCUT2D eigenvalue weighted by atomic mass is 10.1. The molecule has 0 saturated heterocycles. The van der Waals surface area contributed by atoms with Gasteiger partial charge in [-0.25, -0.2) is 8.42 Å². The van der Waals surface area contributed by atoms with Crippen molar-refractivity contribution in [3.63, 3.8) is 0 Å². The van der Waals surface area contributed by atoms with E-state index in [0.29, 0.717) is 29.9 Å². The van der Waals surface area contributed by atoms with E-state index in [9.17, 15) is 13.2 Å². The lowest BCUT2D eigenvalue weighted by molar-refractivity contribution is 0.340. The molecule has 0 atom stereocenters. The van der Waals surface area contributed by atoms with Crippen molar-refractivity contribution in [2.75, 3.05) is 13.2 Å². The summed E-state index contributed by atoms with van der Waals surface area (Å²) in [5.74, 6) is 0.695. The zero-order chi connectivity index (χ0) is 23.3. The third-order valence-corrected chi connectivity index (χ3v) is 7.28. The monoisotopic (exact) mass is 462 g/mol. The Kier molecular flexibility index (Phi) is 6.91. The summed E-state index contributed by atoms with van der Waals surface area (Å²) >= 11 is 0. The molecule has 0 radical (unpaired) electrons. The molecular formula is C26H26N2O4S. The van der Waals surface area contributed by atoms with Crippen LogP contribution < -0.4 is 10.3 Å². The van der Waals surface area contributed by atoms with E-state index >= 15 is 0 Å². The lowest BCUT2D eigenvalue weighted by Crippen LogP contribution is -2.34. The van der Waals surface area contributed by atoms with Gasteiger partial charge in [0.15, 0.2) is 0 Å². The maximum Gasteiger partial charge on any atom is 0.252 e. The molecule has 0 saturated carbocycles. The van der Waals surface area contributed by atoms with Gasteiger partial charge in [0.1, 0.15) is 5.75 Å². The molecule has 4 aromatic rings. The molecule has 1 aromatic heterocycles. The average Bonchev–Trinajstić information content (AvgIpc) is 2.83. The maximum atomic E-state index is 13.5. The number of aromatic amines is 1. The fraction of sp³-hybridized carbons (Fsp3) is 0.192. The van der Waals surface area contributed by atoms with Crippen LogP contribution in [0, 0.1) is 0 Å². The van der Waals surface area contributed by atoms with E-state index < -0.39 is 10.0 Å². The van der Waals surface area contributed by atoms with Crippen LogP contribution in [0.5, 0.6) is 5.75 Å². The smallest absolute Gasteiger partial charge is 0.252 e. The Balaban J connectivity index is 1.70. The van der Waals surface area contributed by atoms with Gasteiger partial charge in [0.2, 0.25) is 10.0 Å². The van der Waals surface area contributed by atoms with Crippen molar-refractivity contribution in [1.82, 2.24) is 9.29 Å². The van der Waals surface area contributed by atoms with E-state index in [1.807, 2.05) is 43.3 Å². The SMILES string of the molecule is CCOc1ccc2[nH]c(=O)c(CN(CCc3ccccc3)S(=O)(=O)c3ccccc3)cc2c1. The fourth-order valence-corrected chi connectivity index (χ4v) is 5.16. The maximum absolute atomic E-state index is 13.5. The Labute approximate surface area is 193 Å². The van der Waals surface area contributed by atoms with Crippen LogP contribution in [-0.4, -0.2) is 30.9 Å². The standard InChI is InChI=1S/C26H26N2O4S/c1-2-32-23-13-14-25-21(18-23)17-22(26(29)27-25)19-28(16-15-20-9-5-3-6-10-20)33(30,31)24-11-7-4-8-12-24/h3-14,17-18H,2,15-16,19H2,1H3,(H,27,29). The lowest BCUT2D eigenvalue weighted by Gasteiger charge is -2.22. The van der Waals surface area contributed by atoms with E-state index in [-0.39, 0.29) is 23.5 Å². The molecule has 0 aliphatic carbocycles.